The molecule has 21 heavy (non-hydrogen) atoms. The molecule has 4 atom stereocenters. The highest BCUT2D eigenvalue weighted by Crippen LogP contribution is 2.06. The van der Waals surface area contributed by atoms with Gasteiger partial charge in [-0.3, -0.25) is 4.79 Å². The van der Waals surface area contributed by atoms with Crippen LogP contribution in [0.2, 0.25) is 0 Å². The molecule has 0 radical (unpaired) electrons. The van der Waals surface area contributed by atoms with Crippen molar-refractivity contribution in [2.45, 2.75) is 69.9 Å². The van der Waals surface area contributed by atoms with Gasteiger partial charge >= 0.3 is 0 Å². The Kier molecular flexibility index (Phi) is 11.5. The maximum atomic E-state index is 11.6. The number of nitrogens with one attached hydrogen (secondary N) is 1. The van der Waals surface area contributed by atoms with E-state index in [9.17, 15) is 20.1 Å². The van der Waals surface area contributed by atoms with Crippen LogP contribution >= 0.6 is 0 Å². The van der Waals surface area contributed by atoms with Gasteiger partial charge in [0, 0.05) is 6.54 Å². The summed E-state index contributed by atoms with van der Waals surface area (Å²) in [4.78, 5) is 11.6. The molecule has 0 aromatic heterocycles. The van der Waals surface area contributed by atoms with Gasteiger partial charge in [-0.2, -0.15) is 0 Å². The third kappa shape index (κ3) is 8.33. The first kappa shape index (κ1) is 20.3. The highest BCUT2D eigenvalue weighted by atomic mass is 16.4. The molecular weight excluding hydrogens is 278 g/mol. The van der Waals surface area contributed by atoms with Crippen LogP contribution in [-0.2, 0) is 4.79 Å². The van der Waals surface area contributed by atoms with Crippen molar-refractivity contribution in [1.29, 1.82) is 0 Å². The number of unbranched alkanes of at least 4 members (excludes halogenated alkanes) is 5. The van der Waals surface area contributed by atoms with Crippen molar-refractivity contribution in [3.8, 4) is 0 Å². The number of carbonyl (C=O) groups excluding carboxylic acids is 1. The highest BCUT2D eigenvalue weighted by molar-refractivity contribution is 5.81. The maximum absolute atomic E-state index is 11.6. The Balaban J connectivity index is 3.89. The van der Waals surface area contributed by atoms with Gasteiger partial charge in [-0.25, -0.2) is 0 Å². The lowest BCUT2D eigenvalue weighted by molar-refractivity contribution is -0.148. The first-order chi connectivity index (χ1) is 9.95. The van der Waals surface area contributed by atoms with Crippen LogP contribution in [0.1, 0.15) is 45.4 Å². The first-order valence-electron chi connectivity index (χ1n) is 7.56. The Morgan fingerprint density at radius 2 is 1.52 bits per heavy atom. The Morgan fingerprint density at radius 1 is 0.952 bits per heavy atom. The fourth-order valence-corrected chi connectivity index (χ4v) is 1.90. The molecule has 6 N–H and O–H groups in total. The van der Waals surface area contributed by atoms with Crippen molar-refractivity contribution in [3.63, 3.8) is 0 Å². The Bertz CT molecular complexity index is 276. The fraction of sp³-hybridized carbons (Fsp3) is 0.929. The minimum absolute atomic E-state index is 0.382. The molecule has 0 aliphatic rings. The van der Waals surface area contributed by atoms with Crippen molar-refractivity contribution in [2.24, 2.45) is 0 Å². The lowest BCUT2D eigenvalue weighted by Crippen LogP contribution is -2.51. The summed E-state index contributed by atoms with van der Waals surface area (Å²) in [6.45, 7) is 1.74. The lowest BCUT2D eigenvalue weighted by Gasteiger charge is -2.24. The molecule has 0 aromatic carbocycles. The molecule has 7 heteroatoms. The largest absolute Gasteiger partial charge is 0.394 e. The van der Waals surface area contributed by atoms with Crippen molar-refractivity contribution in [1.82, 2.24) is 5.32 Å². The number of hydrogen-bond donors (Lipinski definition) is 6. The third-order valence-electron chi connectivity index (χ3n) is 3.35. The van der Waals surface area contributed by atoms with Gasteiger partial charge < -0.3 is 30.8 Å². The summed E-state index contributed by atoms with van der Waals surface area (Å²) in [7, 11) is 0. The molecular formula is C14H29NO6. The highest BCUT2D eigenvalue weighted by Gasteiger charge is 2.33. The molecule has 0 aliphatic carbocycles. The van der Waals surface area contributed by atoms with Crippen LogP contribution < -0.4 is 5.32 Å². The third-order valence-corrected chi connectivity index (χ3v) is 3.35. The van der Waals surface area contributed by atoms with E-state index in [-0.39, 0.29) is 0 Å². The zero-order valence-electron chi connectivity index (χ0n) is 12.6. The molecule has 0 rings (SSSR count). The fourth-order valence-electron chi connectivity index (χ4n) is 1.90. The molecule has 1 amide bonds. The van der Waals surface area contributed by atoms with Crippen LogP contribution in [0.5, 0.6) is 0 Å². The van der Waals surface area contributed by atoms with Crippen LogP contribution in [0.15, 0.2) is 0 Å². The zero-order valence-corrected chi connectivity index (χ0v) is 12.6. The van der Waals surface area contributed by atoms with E-state index in [2.05, 4.69) is 12.2 Å². The number of hydrogen-bond acceptors (Lipinski definition) is 6. The van der Waals surface area contributed by atoms with Gasteiger partial charge in [0.25, 0.3) is 5.91 Å². The molecule has 0 aliphatic heterocycles. The minimum atomic E-state index is -1.85. The second-order valence-corrected chi connectivity index (χ2v) is 5.23. The normalized spacial score (nSPS) is 17.0. The van der Waals surface area contributed by atoms with Gasteiger partial charge in [-0.1, -0.05) is 39.0 Å². The monoisotopic (exact) mass is 307 g/mol. The van der Waals surface area contributed by atoms with E-state index in [0.29, 0.717) is 6.54 Å². The van der Waals surface area contributed by atoms with Crippen LogP contribution in [-0.4, -0.2) is 69.0 Å². The van der Waals surface area contributed by atoms with Crippen LogP contribution in [0, 0.1) is 0 Å². The zero-order chi connectivity index (χ0) is 16.3. The number of amides is 1. The van der Waals surface area contributed by atoms with Crippen molar-refractivity contribution < 1.29 is 30.3 Å². The van der Waals surface area contributed by atoms with Gasteiger partial charge in [0.15, 0.2) is 6.10 Å². The summed E-state index contributed by atoms with van der Waals surface area (Å²) in [5.74, 6) is -0.805. The topological polar surface area (TPSA) is 130 Å². The van der Waals surface area contributed by atoms with Crippen molar-refractivity contribution in [2.75, 3.05) is 13.2 Å². The predicted molar refractivity (Wildman–Crippen MR) is 77.5 cm³/mol. The predicted octanol–water partition coefficient (Wildman–Crippen LogP) is -1.10. The van der Waals surface area contributed by atoms with Crippen LogP contribution in [0.4, 0.5) is 0 Å². The number of aliphatic hydroxyl groups is 5. The van der Waals surface area contributed by atoms with E-state index in [1.807, 2.05) is 0 Å². The Labute approximate surface area is 125 Å². The van der Waals surface area contributed by atoms with Crippen molar-refractivity contribution in [3.05, 3.63) is 0 Å². The molecule has 0 bridgehead atoms. The van der Waals surface area contributed by atoms with Crippen molar-refractivity contribution >= 4 is 5.91 Å². The standard InChI is InChI=1S/C14H29NO6/c1-2-3-4-5-6-7-8-15-14(21)13(20)12(19)11(18)10(17)9-16/h10-13,16-20H,2-9H2,1H3,(H,15,21)/t10-,11+,12-,13-/m1/s1. The molecule has 7 nitrogen and oxygen atoms in total. The van der Waals surface area contributed by atoms with Crippen LogP contribution in [0.25, 0.3) is 0 Å². The van der Waals surface area contributed by atoms with E-state index >= 15 is 0 Å². The van der Waals surface area contributed by atoms with E-state index in [4.69, 9.17) is 10.2 Å². The summed E-state index contributed by atoms with van der Waals surface area (Å²) in [6, 6.07) is 0. The molecule has 0 saturated heterocycles. The van der Waals surface area contributed by atoms with Gasteiger partial charge in [0.05, 0.1) is 6.61 Å². The Morgan fingerprint density at radius 3 is 2.10 bits per heavy atom. The molecule has 0 saturated carbocycles. The maximum Gasteiger partial charge on any atom is 0.251 e. The first-order valence-corrected chi connectivity index (χ1v) is 7.56. The molecule has 0 heterocycles. The SMILES string of the molecule is CCCCCCCCNC(=O)[C@H](O)[C@H](O)[C@@H](O)[C@H](O)CO. The van der Waals surface area contributed by atoms with E-state index in [1.165, 1.54) is 12.8 Å². The van der Waals surface area contributed by atoms with Crippen LogP contribution in [0.3, 0.4) is 0 Å². The van der Waals surface area contributed by atoms with Gasteiger partial charge in [0.2, 0.25) is 0 Å². The lowest BCUT2D eigenvalue weighted by atomic mass is 10.0. The minimum Gasteiger partial charge on any atom is -0.394 e. The summed E-state index contributed by atoms with van der Waals surface area (Å²) < 4.78 is 0. The average Bonchev–Trinajstić information content (AvgIpc) is 2.50. The van der Waals surface area contributed by atoms with E-state index in [1.54, 1.807) is 0 Å². The van der Waals surface area contributed by atoms with Gasteiger partial charge in [0.1, 0.15) is 18.3 Å². The van der Waals surface area contributed by atoms with Gasteiger partial charge in [-0.05, 0) is 6.42 Å². The Hall–Kier alpha value is -0.730. The molecule has 0 fully saturated rings. The van der Waals surface area contributed by atoms with E-state index in [0.717, 1.165) is 25.7 Å². The summed E-state index contributed by atoms with van der Waals surface area (Å²) in [5.41, 5.74) is 0. The summed E-state index contributed by atoms with van der Waals surface area (Å²) in [5, 5.41) is 48.7. The second kappa shape index (κ2) is 11.9. The van der Waals surface area contributed by atoms with E-state index < -0.39 is 36.9 Å². The summed E-state index contributed by atoms with van der Waals surface area (Å²) in [6.07, 6.45) is -0.715. The number of rotatable bonds is 12. The van der Waals surface area contributed by atoms with Gasteiger partial charge in [-0.15, -0.1) is 0 Å². The molecule has 0 unspecified atom stereocenters. The molecule has 0 spiro atoms. The number of carbonyl (C=O) groups is 1. The number of aliphatic hydroxyl groups excluding tert-OH is 5. The second-order valence-electron chi connectivity index (χ2n) is 5.23. The quantitative estimate of drug-likeness (QED) is 0.254. The molecule has 0 aromatic rings. The average molecular weight is 307 g/mol. The smallest absolute Gasteiger partial charge is 0.251 e. The summed E-state index contributed by atoms with van der Waals surface area (Å²) >= 11 is 0. The molecule has 126 valence electrons.